The first kappa shape index (κ1) is 19.3. The van der Waals surface area contributed by atoms with E-state index >= 15 is 0 Å². The van der Waals surface area contributed by atoms with Gasteiger partial charge in [0, 0.05) is 6.54 Å². The van der Waals surface area contributed by atoms with Gasteiger partial charge in [-0.25, -0.2) is 0 Å². The molecule has 1 aliphatic rings. The van der Waals surface area contributed by atoms with Crippen molar-refractivity contribution in [1.29, 1.82) is 0 Å². The number of benzene rings is 2. The zero-order valence-corrected chi connectivity index (χ0v) is 16.5. The molecule has 0 fully saturated rings. The molecule has 27 heavy (non-hydrogen) atoms. The summed E-state index contributed by atoms with van der Waals surface area (Å²) in [4.78, 5) is 15.7. The molecule has 0 amide bonds. The number of thioether (sulfide) groups is 1. The molecule has 2 aromatic carbocycles. The molecule has 0 N–H and O–H groups in total. The fraction of sp³-hybridized carbons (Fsp3) is 0.286. The van der Waals surface area contributed by atoms with Crippen molar-refractivity contribution in [3.05, 3.63) is 53.6 Å². The number of rotatable bonds is 8. The van der Waals surface area contributed by atoms with E-state index in [4.69, 9.17) is 14.2 Å². The van der Waals surface area contributed by atoms with Crippen LogP contribution in [0.3, 0.4) is 0 Å². The first-order chi connectivity index (χ1) is 13.1. The van der Waals surface area contributed by atoms with Crippen molar-refractivity contribution < 1.29 is 19.0 Å². The molecule has 0 saturated carbocycles. The number of allylic oxidation sites excluding steroid dienone is 1. The summed E-state index contributed by atoms with van der Waals surface area (Å²) in [5.74, 6) is 2.52. The molecule has 0 aromatic heterocycles. The number of carbonyl (C=O) groups excluding carboxylic acids is 1. The Balaban J connectivity index is 1.70. The molecule has 0 unspecified atom stereocenters. The number of fused-ring (bicyclic) bond motifs is 1. The quantitative estimate of drug-likeness (QED) is 0.506. The minimum absolute atomic E-state index is 0.104. The van der Waals surface area contributed by atoms with Gasteiger partial charge in [-0.05, 0) is 50.0 Å². The maximum absolute atomic E-state index is 12.8. The van der Waals surface area contributed by atoms with Crippen LogP contribution in [0.5, 0.6) is 17.2 Å². The van der Waals surface area contributed by atoms with Crippen LogP contribution in [-0.2, 0) is 0 Å². The number of ketones is 1. The van der Waals surface area contributed by atoms with Gasteiger partial charge in [0.05, 0.1) is 17.6 Å². The number of ether oxygens (including phenoxy) is 3. The maximum Gasteiger partial charge on any atom is 0.190 e. The molecule has 0 radical (unpaired) electrons. The molecule has 6 heteroatoms. The fourth-order valence-corrected chi connectivity index (χ4v) is 3.55. The molecule has 1 aliphatic heterocycles. The molecule has 5 nitrogen and oxygen atoms in total. The summed E-state index contributed by atoms with van der Waals surface area (Å²) in [7, 11) is 5.59. The van der Waals surface area contributed by atoms with E-state index in [1.54, 1.807) is 25.3 Å². The Hall–Kier alpha value is -2.44. The largest absolute Gasteiger partial charge is 0.496 e. The lowest BCUT2D eigenvalue weighted by Crippen LogP contribution is -2.19. The van der Waals surface area contributed by atoms with E-state index in [1.165, 1.54) is 11.8 Å². The van der Waals surface area contributed by atoms with Gasteiger partial charge in [-0.1, -0.05) is 30.0 Å². The third-order valence-electron chi connectivity index (χ3n) is 4.08. The van der Waals surface area contributed by atoms with Crippen LogP contribution in [0.2, 0.25) is 0 Å². The minimum atomic E-state index is -0.104. The van der Waals surface area contributed by atoms with E-state index < -0.39 is 0 Å². The van der Waals surface area contributed by atoms with E-state index in [0.717, 1.165) is 28.5 Å². The Morgan fingerprint density at radius 2 is 2.00 bits per heavy atom. The van der Waals surface area contributed by atoms with E-state index in [9.17, 15) is 4.79 Å². The monoisotopic (exact) mass is 385 g/mol. The van der Waals surface area contributed by atoms with Crippen LogP contribution in [-0.4, -0.2) is 51.0 Å². The highest BCUT2D eigenvalue weighted by atomic mass is 32.2. The lowest BCUT2D eigenvalue weighted by molar-refractivity contribution is 0.104. The van der Waals surface area contributed by atoms with Crippen molar-refractivity contribution in [1.82, 2.24) is 4.90 Å². The second kappa shape index (κ2) is 8.97. The zero-order chi connectivity index (χ0) is 19.2. The first-order valence-electron chi connectivity index (χ1n) is 8.65. The maximum atomic E-state index is 12.8. The fourth-order valence-electron chi connectivity index (χ4n) is 2.63. The minimum Gasteiger partial charge on any atom is -0.496 e. The highest BCUT2D eigenvalue weighted by Crippen LogP contribution is 2.43. The van der Waals surface area contributed by atoms with Crippen molar-refractivity contribution >= 4 is 23.6 Å². The summed E-state index contributed by atoms with van der Waals surface area (Å²) < 4.78 is 16.6. The summed E-state index contributed by atoms with van der Waals surface area (Å²) >= 11 is 1.51. The van der Waals surface area contributed by atoms with E-state index in [-0.39, 0.29) is 5.78 Å². The second-order valence-electron chi connectivity index (χ2n) is 6.29. The molecule has 0 spiro atoms. The third-order valence-corrected chi connectivity index (χ3v) is 5.01. The lowest BCUT2D eigenvalue weighted by Gasteiger charge is -2.11. The molecular formula is C21H23NO4S. The van der Waals surface area contributed by atoms with Crippen molar-refractivity contribution in [2.45, 2.75) is 4.90 Å². The smallest absolute Gasteiger partial charge is 0.190 e. The molecule has 2 aromatic rings. The number of carbonyl (C=O) groups is 1. The van der Waals surface area contributed by atoms with Crippen molar-refractivity contribution in [2.24, 2.45) is 0 Å². The van der Waals surface area contributed by atoms with Crippen LogP contribution >= 0.6 is 11.8 Å². The van der Waals surface area contributed by atoms with Crippen LogP contribution in [0.4, 0.5) is 0 Å². The Morgan fingerprint density at radius 3 is 2.70 bits per heavy atom. The summed E-state index contributed by atoms with van der Waals surface area (Å²) in [5.41, 5.74) is 1.48. The van der Waals surface area contributed by atoms with Gasteiger partial charge < -0.3 is 19.1 Å². The molecule has 0 saturated heterocycles. The Bertz CT molecular complexity index is 831. The molecule has 0 aliphatic carbocycles. The standard InChI is InChI=1S/C21H23NO4S/c1-22(2)12-13-25-16-7-4-15(5-8-16)6-9-17(23)20-18(24-3)10-11-19-21(20)27-14-26-19/h4-11H,12-14H2,1-3H3/b9-6+. The van der Waals surface area contributed by atoms with Gasteiger partial charge in [0.15, 0.2) is 5.78 Å². The Morgan fingerprint density at radius 1 is 1.22 bits per heavy atom. The van der Waals surface area contributed by atoms with Gasteiger partial charge in [-0.15, -0.1) is 0 Å². The summed E-state index contributed by atoms with van der Waals surface area (Å²) in [5, 5.41) is 0. The first-order valence-corrected chi connectivity index (χ1v) is 9.63. The van der Waals surface area contributed by atoms with Gasteiger partial charge in [0.1, 0.15) is 29.8 Å². The predicted octanol–water partition coefficient (Wildman–Crippen LogP) is 3.97. The number of hydrogen-bond donors (Lipinski definition) is 0. The molecule has 0 atom stereocenters. The number of nitrogens with zero attached hydrogens (tertiary/aromatic N) is 1. The SMILES string of the molecule is COc1ccc2c(c1C(=O)/C=C/c1ccc(OCCN(C)C)cc1)SCO2. The molecule has 1 heterocycles. The molecule has 3 rings (SSSR count). The van der Waals surface area contributed by atoms with E-state index in [0.29, 0.717) is 23.9 Å². The van der Waals surface area contributed by atoms with Crippen molar-refractivity contribution in [2.75, 3.05) is 40.3 Å². The highest BCUT2D eigenvalue weighted by molar-refractivity contribution is 7.99. The van der Waals surface area contributed by atoms with Gasteiger partial charge >= 0.3 is 0 Å². The normalized spacial score (nSPS) is 12.9. The van der Waals surface area contributed by atoms with Gasteiger partial charge in [0.2, 0.25) is 0 Å². The second-order valence-corrected chi connectivity index (χ2v) is 7.23. The van der Waals surface area contributed by atoms with Crippen LogP contribution in [0.25, 0.3) is 6.08 Å². The summed E-state index contributed by atoms with van der Waals surface area (Å²) in [6.07, 6.45) is 3.37. The van der Waals surface area contributed by atoms with E-state index in [2.05, 4.69) is 4.90 Å². The number of likely N-dealkylation sites (N-methyl/N-ethyl adjacent to an activating group) is 1. The van der Waals surface area contributed by atoms with Gasteiger partial charge in [-0.2, -0.15) is 0 Å². The zero-order valence-electron chi connectivity index (χ0n) is 15.7. The third kappa shape index (κ3) is 4.84. The van der Waals surface area contributed by atoms with Crippen LogP contribution in [0.1, 0.15) is 15.9 Å². The average Bonchev–Trinajstić information content (AvgIpc) is 3.14. The van der Waals surface area contributed by atoms with Gasteiger partial charge in [-0.3, -0.25) is 4.79 Å². The Labute approximate surface area is 163 Å². The van der Waals surface area contributed by atoms with Crippen LogP contribution in [0, 0.1) is 0 Å². The Kier molecular flexibility index (Phi) is 6.42. The van der Waals surface area contributed by atoms with E-state index in [1.807, 2.05) is 44.4 Å². The molecule has 0 bridgehead atoms. The lowest BCUT2D eigenvalue weighted by atomic mass is 10.1. The predicted molar refractivity (Wildman–Crippen MR) is 108 cm³/mol. The molecule has 142 valence electrons. The molecular weight excluding hydrogens is 362 g/mol. The number of methoxy groups -OCH3 is 1. The highest BCUT2D eigenvalue weighted by Gasteiger charge is 2.24. The van der Waals surface area contributed by atoms with Crippen LogP contribution in [0.15, 0.2) is 47.4 Å². The van der Waals surface area contributed by atoms with Gasteiger partial charge in [0.25, 0.3) is 0 Å². The topological polar surface area (TPSA) is 48.0 Å². The van der Waals surface area contributed by atoms with Crippen LogP contribution < -0.4 is 14.2 Å². The van der Waals surface area contributed by atoms with Crippen molar-refractivity contribution in [3.63, 3.8) is 0 Å². The number of hydrogen-bond acceptors (Lipinski definition) is 6. The summed E-state index contributed by atoms with van der Waals surface area (Å²) in [6, 6.07) is 11.3. The van der Waals surface area contributed by atoms with Crippen molar-refractivity contribution in [3.8, 4) is 17.2 Å². The average molecular weight is 385 g/mol. The summed E-state index contributed by atoms with van der Waals surface area (Å²) in [6.45, 7) is 1.50.